The van der Waals surface area contributed by atoms with Crippen LogP contribution in [-0.4, -0.2) is 33.9 Å². The van der Waals surface area contributed by atoms with Gasteiger partial charge in [0.25, 0.3) is 5.91 Å². The molecule has 0 spiro atoms. The van der Waals surface area contributed by atoms with Crippen LogP contribution in [-0.2, 0) is 0 Å². The van der Waals surface area contributed by atoms with Crippen molar-refractivity contribution >= 4 is 11.6 Å². The SMILES string of the molecule is CC[C@@H](CO)NC(=O)c1n[nH]c(C)c1N. The summed E-state index contributed by atoms with van der Waals surface area (Å²) < 4.78 is 0. The Balaban J connectivity index is 2.73. The van der Waals surface area contributed by atoms with E-state index in [9.17, 15) is 4.79 Å². The second-order valence-electron chi connectivity index (χ2n) is 3.37. The number of nitrogens with one attached hydrogen (secondary N) is 2. The van der Waals surface area contributed by atoms with Crippen molar-refractivity contribution in [3.63, 3.8) is 0 Å². The number of anilines is 1. The molecule has 0 fully saturated rings. The molecule has 1 rings (SSSR count). The molecule has 0 bridgehead atoms. The Morgan fingerprint density at radius 2 is 2.40 bits per heavy atom. The van der Waals surface area contributed by atoms with Gasteiger partial charge < -0.3 is 16.2 Å². The van der Waals surface area contributed by atoms with Gasteiger partial charge in [-0.15, -0.1) is 0 Å². The van der Waals surface area contributed by atoms with E-state index in [-0.39, 0.29) is 24.2 Å². The normalized spacial score (nSPS) is 12.5. The monoisotopic (exact) mass is 212 g/mol. The standard InChI is InChI=1S/C9H16N4O2/c1-3-6(4-14)11-9(15)8-7(10)5(2)12-13-8/h6,14H,3-4,10H2,1-2H3,(H,11,15)(H,12,13)/t6-/m0/s1. The van der Waals surface area contributed by atoms with Crippen molar-refractivity contribution in [2.75, 3.05) is 12.3 Å². The molecule has 0 unspecified atom stereocenters. The number of aliphatic hydroxyl groups excluding tert-OH is 1. The van der Waals surface area contributed by atoms with Gasteiger partial charge >= 0.3 is 0 Å². The van der Waals surface area contributed by atoms with E-state index in [0.29, 0.717) is 17.8 Å². The highest BCUT2D eigenvalue weighted by Gasteiger charge is 2.17. The van der Waals surface area contributed by atoms with E-state index in [0.717, 1.165) is 0 Å². The third-order valence-electron chi connectivity index (χ3n) is 2.26. The number of nitrogens with two attached hydrogens (primary N) is 1. The van der Waals surface area contributed by atoms with Crippen LogP contribution in [0.25, 0.3) is 0 Å². The fourth-order valence-electron chi connectivity index (χ4n) is 1.14. The fourth-order valence-corrected chi connectivity index (χ4v) is 1.14. The smallest absolute Gasteiger partial charge is 0.274 e. The highest BCUT2D eigenvalue weighted by molar-refractivity contribution is 5.97. The molecule has 1 aromatic rings. The van der Waals surface area contributed by atoms with Crippen molar-refractivity contribution in [3.05, 3.63) is 11.4 Å². The molecule has 1 amide bonds. The second-order valence-corrected chi connectivity index (χ2v) is 3.37. The Morgan fingerprint density at radius 1 is 1.73 bits per heavy atom. The first-order valence-electron chi connectivity index (χ1n) is 4.82. The van der Waals surface area contributed by atoms with Crippen LogP contribution in [0.1, 0.15) is 29.5 Å². The number of aromatic nitrogens is 2. The third kappa shape index (κ3) is 2.47. The van der Waals surface area contributed by atoms with E-state index >= 15 is 0 Å². The van der Waals surface area contributed by atoms with Gasteiger partial charge in [0.2, 0.25) is 0 Å². The van der Waals surface area contributed by atoms with E-state index in [2.05, 4.69) is 15.5 Å². The number of carbonyl (C=O) groups is 1. The summed E-state index contributed by atoms with van der Waals surface area (Å²) in [5.74, 6) is -0.363. The van der Waals surface area contributed by atoms with E-state index in [1.54, 1.807) is 6.92 Å². The quantitative estimate of drug-likeness (QED) is 0.554. The molecule has 6 nitrogen and oxygen atoms in total. The molecule has 0 aromatic carbocycles. The fraction of sp³-hybridized carbons (Fsp3) is 0.556. The summed E-state index contributed by atoms with van der Waals surface area (Å²) in [5, 5.41) is 18.0. The van der Waals surface area contributed by atoms with Gasteiger partial charge in [0.15, 0.2) is 5.69 Å². The lowest BCUT2D eigenvalue weighted by atomic mass is 10.2. The van der Waals surface area contributed by atoms with Crippen LogP contribution in [0.2, 0.25) is 0 Å². The summed E-state index contributed by atoms with van der Waals surface area (Å²) in [6.07, 6.45) is 0.658. The number of aryl methyl sites for hydroxylation is 1. The first-order valence-corrected chi connectivity index (χ1v) is 4.82. The molecule has 84 valence electrons. The van der Waals surface area contributed by atoms with Gasteiger partial charge in [0.05, 0.1) is 24.0 Å². The van der Waals surface area contributed by atoms with Crippen LogP contribution >= 0.6 is 0 Å². The Labute approximate surface area is 87.9 Å². The van der Waals surface area contributed by atoms with Crippen LogP contribution in [0, 0.1) is 6.92 Å². The molecular weight excluding hydrogens is 196 g/mol. The third-order valence-corrected chi connectivity index (χ3v) is 2.26. The molecule has 0 aliphatic heterocycles. The Morgan fingerprint density at radius 3 is 2.80 bits per heavy atom. The molecule has 1 heterocycles. The molecule has 0 aliphatic rings. The average molecular weight is 212 g/mol. The first kappa shape index (κ1) is 11.5. The van der Waals surface area contributed by atoms with E-state index < -0.39 is 0 Å². The van der Waals surface area contributed by atoms with Gasteiger partial charge in [-0.25, -0.2) is 0 Å². The number of hydrogen-bond acceptors (Lipinski definition) is 4. The maximum absolute atomic E-state index is 11.6. The van der Waals surface area contributed by atoms with E-state index in [1.807, 2.05) is 6.92 Å². The van der Waals surface area contributed by atoms with Crippen molar-refractivity contribution in [1.82, 2.24) is 15.5 Å². The minimum absolute atomic E-state index is 0.0917. The maximum Gasteiger partial charge on any atom is 0.274 e. The number of H-pyrrole nitrogens is 1. The largest absolute Gasteiger partial charge is 0.395 e. The van der Waals surface area contributed by atoms with E-state index in [1.165, 1.54) is 0 Å². The summed E-state index contributed by atoms with van der Waals surface area (Å²) in [6.45, 7) is 3.52. The van der Waals surface area contributed by atoms with Crippen LogP contribution < -0.4 is 11.1 Å². The number of amides is 1. The van der Waals surface area contributed by atoms with Gasteiger partial charge in [0.1, 0.15) is 0 Å². The maximum atomic E-state index is 11.6. The summed E-state index contributed by atoms with van der Waals surface area (Å²) >= 11 is 0. The van der Waals surface area contributed by atoms with Gasteiger partial charge in [-0.1, -0.05) is 6.92 Å². The van der Waals surface area contributed by atoms with Crippen molar-refractivity contribution in [2.24, 2.45) is 0 Å². The minimum atomic E-state index is -0.363. The highest BCUT2D eigenvalue weighted by Crippen LogP contribution is 2.12. The van der Waals surface area contributed by atoms with Gasteiger partial charge in [0, 0.05) is 0 Å². The molecule has 0 aliphatic carbocycles. The molecule has 0 saturated heterocycles. The molecule has 15 heavy (non-hydrogen) atoms. The molecule has 6 heteroatoms. The predicted molar refractivity (Wildman–Crippen MR) is 56.4 cm³/mol. The van der Waals surface area contributed by atoms with Crippen LogP contribution in [0.3, 0.4) is 0 Å². The topological polar surface area (TPSA) is 104 Å². The molecule has 0 radical (unpaired) electrons. The number of rotatable bonds is 4. The number of aromatic amines is 1. The summed E-state index contributed by atoms with van der Waals surface area (Å²) in [6, 6.07) is -0.256. The van der Waals surface area contributed by atoms with Gasteiger partial charge in [-0.05, 0) is 13.3 Å². The number of aliphatic hydroxyl groups is 1. The van der Waals surface area contributed by atoms with E-state index in [4.69, 9.17) is 10.8 Å². The van der Waals surface area contributed by atoms with Crippen LogP contribution in [0.15, 0.2) is 0 Å². The Hall–Kier alpha value is -1.56. The number of carbonyl (C=O) groups excluding carboxylic acids is 1. The van der Waals surface area contributed by atoms with Crippen molar-refractivity contribution in [2.45, 2.75) is 26.3 Å². The zero-order chi connectivity index (χ0) is 11.4. The Kier molecular flexibility index (Phi) is 3.68. The lowest BCUT2D eigenvalue weighted by molar-refractivity contribution is 0.0911. The van der Waals surface area contributed by atoms with Crippen molar-refractivity contribution in [1.29, 1.82) is 0 Å². The first-order chi connectivity index (χ1) is 7.10. The predicted octanol–water partition coefficient (Wildman–Crippen LogP) is -0.199. The van der Waals surface area contributed by atoms with Gasteiger partial charge in [-0.3, -0.25) is 9.89 Å². The summed E-state index contributed by atoms with van der Waals surface area (Å²) in [4.78, 5) is 11.6. The van der Waals surface area contributed by atoms with Gasteiger partial charge in [-0.2, -0.15) is 5.10 Å². The molecule has 1 atom stereocenters. The number of nitrogens with zero attached hydrogens (tertiary/aromatic N) is 1. The lowest BCUT2D eigenvalue weighted by Gasteiger charge is -2.12. The zero-order valence-electron chi connectivity index (χ0n) is 8.87. The summed E-state index contributed by atoms with van der Waals surface area (Å²) in [5.41, 5.74) is 6.84. The summed E-state index contributed by atoms with van der Waals surface area (Å²) in [7, 11) is 0. The number of hydrogen-bond donors (Lipinski definition) is 4. The zero-order valence-corrected chi connectivity index (χ0v) is 8.87. The highest BCUT2D eigenvalue weighted by atomic mass is 16.3. The second kappa shape index (κ2) is 4.79. The minimum Gasteiger partial charge on any atom is -0.395 e. The molecule has 0 saturated carbocycles. The molecule has 5 N–H and O–H groups in total. The van der Waals surface area contributed by atoms with Crippen molar-refractivity contribution < 1.29 is 9.90 Å². The van der Waals surface area contributed by atoms with Crippen LogP contribution in [0.4, 0.5) is 5.69 Å². The number of nitrogen functional groups attached to an aromatic ring is 1. The lowest BCUT2D eigenvalue weighted by Crippen LogP contribution is -2.37. The average Bonchev–Trinajstić information content (AvgIpc) is 2.56. The molecule has 1 aromatic heterocycles. The molecular formula is C9H16N4O2. The van der Waals surface area contributed by atoms with Crippen molar-refractivity contribution in [3.8, 4) is 0 Å². The Bertz CT molecular complexity index is 344. The van der Waals surface area contributed by atoms with Crippen LogP contribution in [0.5, 0.6) is 0 Å².